The van der Waals surface area contributed by atoms with Gasteiger partial charge in [-0.3, -0.25) is 38.4 Å². The molecule has 6 N–H and O–H groups in total. The maximum Gasteiger partial charge on any atom is 0.251 e. The second-order valence-electron chi connectivity index (χ2n) is 18.3. The third kappa shape index (κ3) is 21.0. The van der Waals surface area contributed by atoms with Crippen molar-refractivity contribution >= 4 is 47.3 Å². The van der Waals surface area contributed by atoms with Crippen molar-refractivity contribution in [1.82, 2.24) is 41.7 Å². The monoisotopic (exact) mass is 1080 g/mol. The summed E-state index contributed by atoms with van der Waals surface area (Å²) in [5.74, 6) is 3.00. The molecule has 0 unspecified atom stereocenters. The zero-order chi connectivity index (χ0) is 56.9. The summed E-state index contributed by atoms with van der Waals surface area (Å²) < 4.78 is 10.4. The van der Waals surface area contributed by atoms with E-state index in [1.807, 2.05) is 109 Å². The van der Waals surface area contributed by atoms with Crippen molar-refractivity contribution < 1.29 is 47.8 Å². The van der Waals surface area contributed by atoms with Gasteiger partial charge in [0.25, 0.3) is 11.8 Å². The second-order valence-corrected chi connectivity index (χ2v) is 18.3. The molecule has 6 rings (SSSR count). The van der Waals surface area contributed by atoms with Gasteiger partial charge in [0.05, 0.1) is 27.3 Å². The molecule has 0 aliphatic rings. The fourth-order valence-electron chi connectivity index (χ4n) is 8.00. The first-order valence-electron chi connectivity index (χ1n) is 26.1. The van der Waals surface area contributed by atoms with Crippen LogP contribution in [0.5, 0.6) is 11.5 Å². The Balaban J connectivity index is 1.02. The molecule has 0 fully saturated rings. The van der Waals surface area contributed by atoms with Crippen molar-refractivity contribution in [2.75, 3.05) is 79.7 Å². The number of amides is 8. The van der Waals surface area contributed by atoms with Crippen molar-refractivity contribution in [2.45, 2.75) is 25.7 Å². The quantitative estimate of drug-likeness (QED) is 0.0391. The lowest BCUT2D eigenvalue weighted by atomic mass is 10.1. The van der Waals surface area contributed by atoms with Crippen LogP contribution in [0.2, 0.25) is 0 Å². The second kappa shape index (κ2) is 32.1. The molecular weight excluding hydrogens is 1020 g/mol. The number of hydrogen-bond donors (Lipinski definition) is 6. The van der Waals surface area contributed by atoms with Gasteiger partial charge in [-0.2, -0.15) is 0 Å². The average Bonchev–Trinajstić information content (AvgIpc) is 3.48. The third-order valence-electron chi connectivity index (χ3n) is 12.4. The Morgan fingerprint density at radius 2 is 0.688 bits per heavy atom. The zero-order valence-corrected chi connectivity index (χ0v) is 44.9. The topological polar surface area (TPSA) is 234 Å². The van der Waals surface area contributed by atoms with Crippen LogP contribution in [0.3, 0.4) is 0 Å². The number of benzene rings is 6. The summed E-state index contributed by atoms with van der Waals surface area (Å²) in [6.07, 6.45) is 2.18. The normalized spacial score (nSPS) is 10.4. The van der Waals surface area contributed by atoms with Crippen LogP contribution in [-0.2, 0) is 54.5 Å². The fraction of sp³-hybridized carbons (Fsp3) is 0.258. The molecule has 18 heteroatoms. The molecule has 0 aliphatic carbocycles. The van der Waals surface area contributed by atoms with Crippen LogP contribution in [0, 0.1) is 11.8 Å². The van der Waals surface area contributed by atoms with Gasteiger partial charge in [0.1, 0.15) is 37.7 Å². The first-order chi connectivity index (χ1) is 38.8. The van der Waals surface area contributed by atoms with Crippen LogP contribution < -0.4 is 41.4 Å². The molecule has 0 aromatic heterocycles. The number of hydrogen-bond acceptors (Lipinski definition) is 10. The molecule has 0 spiro atoms. The van der Waals surface area contributed by atoms with Crippen molar-refractivity contribution in [2.24, 2.45) is 0 Å². The lowest BCUT2D eigenvalue weighted by molar-refractivity contribution is -0.138. The molecule has 0 saturated heterocycles. The molecule has 0 heterocycles. The number of methoxy groups -OCH3 is 2. The Bertz CT molecular complexity index is 2900. The number of rotatable bonds is 28. The minimum atomic E-state index is -0.652. The van der Waals surface area contributed by atoms with E-state index in [4.69, 9.17) is 9.47 Å². The van der Waals surface area contributed by atoms with E-state index in [1.54, 1.807) is 50.6 Å². The lowest BCUT2D eigenvalue weighted by Crippen LogP contribution is -2.49. The first-order valence-corrected chi connectivity index (χ1v) is 26.1. The highest BCUT2D eigenvalue weighted by molar-refractivity contribution is 5.99. The molecule has 6 aromatic rings. The summed E-state index contributed by atoms with van der Waals surface area (Å²) in [7, 11) is 3.15. The van der Waals surface area contributed by atoms with Crippen LogP contribution in [0.1, 0.15) is 54.1 Å². The van der Waals surface area contributed by atoms with E-state index in [0.29, 0.717) is 61.4 Å². The molecule has 6 aromatic carbocycles. The van der Waals surface area contributed by atoms with Gasteiger partial charge in [0, 0.05) is 48.4 Å². The predicted octanol–water partition coefficient (Wildman–Crippen LogP) is 3.66. The maximum absolute atomic E-state index is 13.6. The molecular formula is C62H66N8O10. The zero-order valence-electron chi connectivity index (χ0n) is 44.9. The highest BCUT2D eigenvalue weighted by Crippen LogP contribution is 2.13. The summed E-state index contributed by atoms with van der Waals surface area (Å²) in [5.41, 5.74) is 5.24. The smallest absolute Gasteiger partial charge is 0.251 e. The minimum absolute atomic E-state index is 0.189. The largest absolute Gasteiger partial charge is 0.497 e. The Hall–Kier alpha value is -9.76. The first kappa shape index (κ1) is 59.5. The number of carbonyl (C=O) groups is 8. The summed E-state index contributed by atoms with van der Waals surface area (Å²) in [6, 6.07) is 46.7. The molecule has 80 heavy (non-hydrogen) atoms. The van der Waals surface area contributed by atoms with Crippen LogP contribution in [0.15, 0.2) is 158 Å². The van der Waals surface area contributed by atoms with E-state index in [0.717, 1.165) is 32.1 Å². The van der Waals surface area contributed by atoms with Gasteiger partial charge in [0.15, 0.2) is 0 Å². The standard InChI is InChI=1S/C62H66N8O10/c1-79-53-25-21-47(22-26-53)31-35-65-57(73)43-69(41-55(71)63-33-29-45-11-5-3-6-12-45)59(75)39-67-61(77)51-17-9-15-49(37-51)19-20-50-16-10-18-52(38-50)62(78)68-40-60(76)70(42-56(72)64-34-30-46-13-7-4-8-14-46)44-58(74)66-36-32-48-23-27-54(80-2)28-24-48/h3-18,21-28,37-38H,29-36,39-44H2,1-2H3,(H,63,71)(H,64,72)(H,65,73)(H,66,74)(H,67,77)(H,68,78). The van der Waals surface area contributed by atoms with E-state index >= 15 is 0 Å². The van der Waals surface area contributed by atoms with Crippen molar-refractivity contribution in [3.05, 3.63) is 202 Å². The molecule has 0 saturated carbocycles. The van der Waals surface area contributed by atoms with Crippen molar-refractivity contribution in [3.8, 4) is 23.3 Å². The van der Waals surface area contributed by atoms with Crippen LogP contribution >= 0.6 is 0 Å². The number of nitrogens with one attached hydrogen (secondary N) is 6. The van der Waals surface area contributed by atoms with Crippen LogP contribution in [-0.4, -0.2) is 137 Å². The van der Waals surface area contributed by atoms with Crippen molar-refractivity contribution in [3.63, 3.8) is 0 Å². The fourth-order valence-corrected chi connectivity index (χ4v) is 8.00. The highest BCUT2D eigenvalue weighted by atomic mass is 16.5. The van der Waals surface area contributed by atoms with Gasteiger partial charge < -0.3 is 51.2 Å². The van der Waals surface area contributed by atoms with E-state index in [9.17, 15) is 38.4 Å². The van der Waals surface area contributed by atoms with E-state index in [-0.39, 0.29) is 24.2 Å². The number of carbonyl (C=O) groups excluding carboxylic acids is 8. The SMILES string of the molecule is COc1ccc(CCNC(=O)CN(CC(=O)NCCc2ccccc2)C(=O)CNC(=O)c2cccc(C#Cc3cccc(C(=O)NCC(=O)N(CC(=O)NCCc4ccccc4)CC(=O)NCCc4ccc(OC)cc4)c3)c2)cc1. The van der Waals surface area contributed by atoms with Gasteiger partial charge in [-0.1, -0.05) is 109 Å². The molecule has 0 atom stereocenters. The molecule has 0 bridgehead atoms. The van der Waals surface area contributed by atoms with Gasteiger partial charge >= 0.3 is 0 Å². The van der Waals surface area contributed by atoms with Gasteiger partial charge in [0.2, 0.25) is 35.4 Å². The molecule has 18 nitrogen and oxygen atoms in total. The van der Waals surface area contributed by atoms with Gasteiger partial charge in [-0.15, -0.1) is 0 Å². The van der Waals surface area contributed by atoms with Crippen LogP contribution in [0.4, 0.5) is 0 Å². The van der Waals surface area contributed by atoms with Crippen molar-refractivity contribution in [1.29, 1.82) is 0 Å². The maximum atomic E-state index is 13.6. The average molecular weight is 1080 g/mol. The Morgan fingerprint density at radius 1 is 0.375 bits per heavy atom. The summed E-state index contributed by atoms with van der Waals surface area (Å²) >= 11 is 0. The summed E-state index contributed by atoms with van der Waals surface area (Å²) in [6.45, 7) is -1.47. The van der Waals surface area contributed by atoms with Gasteiger partial charge in [-0.05, 0) is 109 Å². The minimum Gasteiger partial charge on any atom is -0.497 e. The van der Waals surface area contributed by atoms with Crippen LogP contribution in [0.25, 0.3) is 0 Å². The molecule has 8 amide bonds. The molecule has 414 valence electrons. The Labute approximate surface area is 466 Å². The number of ether oxygens (including phenoxy) is 2. The molecule has 0 radical (unpaired) electrons. The number of nitrogens with zero attached hydrogens (tertiary/aromatic N) is 2. The summed E-state index contributed by atoms with van der Waals surface area (Å²) in [4.78, 5) is 108. The predicted molar refractivity (Wildman–Crippen MR) is 302 cm³/mol. The lowest BCUT2D eigenvalue weighted by Gasteiger charge is -2.22. The Morgan fingerprint density at radius 3 is 1.00 bits per heavy atom. The van der Waals surface area contributed by atoms with E-state index < -0.39 is 86.5 Å². The Kier molecular flexibility index (Phi) is 23.9. The molecule has 0 aliphatic heterocycles. The highest BCUT2D eigenvalue weighted by Gasteiger charge is 2.23. The summed E-state index contributed by atoms with van der Waals surface area (Å²) in [5, 5.41) is 16.4. The third-order valence-corrected chi connectivity index (χ3v) is 12.4. The van der Waals surface area contributed by atoms with E-state index in [2.05, 4.69) is 43.7 Å². The van der Waals surface area contributed by atoms with Gasteiger partial charge in [-0.25, -0.2) is 0 Å². The van der Waals surface area contributed by atoms with E-state index in [1.165, 1.54) is 12.1 Å².